The minimum Gasteiger partial charge on any atom is -0.341 e. The first-order valence-corrected chi connectivity index (χ1v) is 9.30. The summed E-state index contributed by atoms with van der Waals surface area (Å²) in [6.45, 7) is 4.16. The molecule has 7 heteroatoms. The number of rotatable bonds is 7. The number of hydrogen-bond donors (Lipinski definition) is 1. The van der Waals surface area contributed by atoms with E-state index >= 15 is 0 Å². The van der Waals surface area contributed by atoms with Crippen molar-refractivity contribution < 1.29 is 8.42 Å². The molecule has 1 aliphatic rings. The lowest BCUT2D eigenvalue weighted by Gasteiger charge is -2.26. The molecule has 0 radical (unpaired) electrons. The number of piperidine rings is 1. The average molecular weight is 312 g/mol. The van der Waals surface area contributed by atoms with E-state index in [1.54, 1.807) is 12.3 Å². The largest absolute Gasteiger partial charge is 0.341 e. The van der Waals surface area contributed by atoms with Gasteiger partial charge in [-0.25, -0.2) is 23.1 Å². The molecule has 0 unspecified atom stereocenters. The van der Waals surface area contributed by atoms with Crippen LogP contribution in [0.1, 0.15) is 44.7 Å². The molecule has 0 aromatic carbocycles. The van der Waals surface area contributed by atoms with Gasteiger partial charge in [-0.15, -0.1) is 0 Å². The normalized spacial score (nSPS) is 16.1. The molecule has 0 atom stereocenters. The molecular weight excluding hydrogens is 288 g/mol. The van der Waals surface area contributed by atoms with Gasteiger partial charge in [-0.05, 0) is 31.7 Å². The second-order valence-corrected chi connectivity index (χ2v) is 7.32. The maximum absolute atomic E-state index is 11.8. The van der Waals surface area contributed by atoms with Crippen LogP contribution in [0.4, 0.5) is 5.95 Å². The van der Waals surface area contributed by atoms with Crippen LogP contribution < -0.4 is 9.62 Å². The predicted octanol–water partition coefficient (Wildman–Crippen LogP) is 1.69. The summed E-state index contributed by atoms with van der Waals surface area (Å²) >= 11 is 0. The highest BCUT2D eigenvalue weighted by Crippen LogP contribution is 2.15. The second-order valence-electron chi connectivity index (χ2n) is 5.39. The zero-order valence-electron chi connectivity index (χ0n) is 12.6. The number of sulfonamides is 1. The minimum absolute atomic E-state index is 0.174. The molecule has 1 aromatic rings. The number of anilines is 1. The molecule has 2 heterocycles. The summed E-state index contributed by atoms with van der Waals surface area (Å²) in [7, 11) is -3.20. The maximum Gasteiger partial charge on any atom is 0.225 e. The van der Waals surface area contributed by atoms with Crippen molar-refractivity contribution in [3.05, 3.63) is 18.0 Å². The lowest BCUT2D eigenvalue weighted by molar-refractivity contribution is 0.565. The van der Waals surface area contributed by atoms with Crippen LogP contribution in [0.5, 0.6) is 0 Å². The van der Waals surface area contributed by atoms with Crippen molar-refractivity contribution in [3.8, 4) is 0 Å². The van der Waals surface area contributed by atoms with Gasteiger partial charge < -0.3 is 4.90 Å². The summed E-state index contributed by atoms with van der Waals surface area (Å²) in [5, 5.41) is 0. The van der Waals surface area contributed by atoms with Gasteiger partial charge in [-0.3, -0.25) is 0 Å². The van der Waals surface area contributed by atoms with Gasteiger partial charge in [0.25, 0.3) is 0 Å². The Kier molecular flexibility index (Phi) is 5.93. The Morgan fingerprint density at radius 1 is 1.29 bits per heavy atom. The van der Waals surface area contributed by atoms with Crippen LogP contribution in [-0.2, 0) is 16.6 Å². The summed E-state index contributed by atoms with van der Waals surface area (Å²) in [6.07, 6.45) is 6.83. The van der Waals surface area contributed by atoms with Crippen LogP contribution in [0.25, 0.3) is 0 Å². The highest BCUT2D eigenvalue weighted by molar-refractivity contribution is 7.89. The van der Waals surface area contributed by atoms with Gasteiger partial charge in [0, 0.05) is 19.3 Å². The van der Waals surface area contributed by atoms with Gasteiger partial charge in [-0.2, -0.15) is 0 Å². The highest BCUT2D eigenvalue weighted by Gasteiger charge is 2.14. The Balaban J connectivity index is 1.94. The Bertz CT molecular complexity index is 542. The SMILES string of the molecule is CCCCS(=O)(=O)NCc1ccnc(N2CCCCC2)n1. The van der Waals surface area contributed by atoms with Crippen LogP contribution in [-0.4, -0.2) is 37.2 Å². The van der Waals surface area contributed by atoms with Crippen molar-refractivity contribution in [2.45, 2.75) is 45.6 Å². The van der Waals surface area contributed by atoms with E-state index in [0.717, 1.165) is 32.4 Å². The van der Waals surface area contributed by atoms with Gasteiger partial charge in [0.1, 0.15) is 0 Å². The summed E-state index contributed by atoms with van der Waals surface area (Å²) < 4.78 is 26.2. The molecular formula is C14H24N4O2S. The fraction of sp³-hybridized carbons (Fsp3) is 0.714. The number of nitrogens with zero attached hydrogens (tertiary/aromatic N) is 3. The van der Waals surface area contributed by atoms with Gasteiger partial charge in [0.15, 0.2) is 0 Å². The van der Waals surface area contributed by atoms with Crippen molar-refractivity contribution >= 4 is 16.0 Å². The van der Waals surface area contributed by atoms with Gasteiger partial charge in [0.05, 0.1) is 18.0 Å². The van der Waals surface area contributed by atoms with E-state index in [9.17, 15) is 8.42 Å². The first-order chi connectivity index (χ1) is 10.1. The molecule has 1 saturated heterocycles. The molecule has 6 nitrogen and oxygen atoms in total. The third kappa shape index (κ3) is 5.24. The van der Waals surface area contributed by atoms with E-state index in [1.807, 2.05) is 6.92 Å². The van der Waals surface area contributed by atoms with Crippen LogP contribution in [0.3, 0.4) is 0 Å². The zero-order chi connectivity index (χ0) is 15.1. The average Bonchev–Trinajstić information content (AvgIpc) is 2.52. The van der Waals surface area contributed by atoms with E-state index in [-0.39, 0.29) is 12.3 Å². The molecule has 0 bridgehead atoms. The zero-order valence-corrected chi connectivity index (χ0v) is 13.4. The topological polar surface area (TPSA) is 75.2 Å². The molecule has 1 N–H and O–H groups in total. The fourth-order valence-corrected chi connectivity index (χ4v) is 3.50. The quantitative estimate of drug-likeness (QED) is 0.829. The molecule has 0 amide bonds. The van der Waals surface area contributed by atoms with Crippen molar-refractivity contribution in [1.82, 2.24) is 14.7 Å². The second kappa shape index (κ2) is 7.70. The molecule has 1 aliphatic heterocycles. The van der Waals surface area contributed by atoms with E-state index in [2.05, 4.69) is 19.6 Å². The molecule has 21 heavy (non-hydrogen) atoms. The Morgan fingerprint density at radius 2 is 2.05 bits per heavy atom. The summed E-state index contributed by atoms with van der Waals surface area (Å²) in [5.41, 5.74) is 0.714. The van der Waals surface area contributed by atoms with Crippen LogP contribution in [0.15, 0.2) is 12.3 Å². The molecule has 2 rings (SSSR count). The molecule has 0 spiro atoms. The third-order valence-corrected chi connectivity index (χ3v) is 4.99. The van der Waals surface area contributed by atoms with E-state index in [4.69, 9.17) is 0 Å². The van der Waals surface area contributed by atoms with Crippen LogP contribution >= 0.6 is 0 Å². The minimum atomic E-state index is -3.20. The summed E-state index contributed by atoms with van der Waals surface area (Å²) in [5.74, 6) is 0.882. The first-order valence-electron chi connectivity index (χ1n) is 7.65. The molecule has 118 valence electrons. The summed E-state index contributed by atoms with van der Waals surface area (Å²) in [4.78, 5) is 10.9. The number of nitrogens with one attached hydrogen (secondary N) is 1. The molecule has 0 aliphatic carbocycles. The molecule has 0 saturated carbocycles. The molecule has 1 fully saturated rings. The van der Waals surface area contributed by atoms with Crippen LogP contribution in [0.2, 0.25) is 0 Å². The lowest BCUT2D eigenvalue weighted by atomic mass is 10.1. The van der Waals surface area contributed by atoms with Gasteiger partial charge in [0.2, 0.25) is 16.0 Å². The first kappa shape index (κ1) is 16.2. The van der Waals surface area contributed by atoms with E-state index in [0.29, 0.717) is 18.1 Å². The number of unbranched alkanes of at least 4 members (excludes halogenated alkanes) is 1. The van der Waals surface area contributed by atoms with Crippen molar-refractivity contribution in [2.24, 2.45) is 0 Å². The van der Waals surface area contributed by atoms with Crippen molar-refractivity contribution in [3.63, 3.8) is 0 Å². The van der Waals surface area contributed by atoms with Gasteiger partial charge >= 0.3 is 0 Å². The summed E-state index contributed by atoms with van der Waals surface area (Å²) in [6, 6.07) is 1.76. The molecule has 1 aromatic heterocycles. The fourth-order valence-electron chi connectivity index (χ4n) is 2.32. The van der Waals surface area contributed by atoms with E-state index < -0.39 is 10.0 Å². The smallest absolute Gasteiger partial charge is 0.225 e. The monoisotopic (exact) mass is 312 g/mol. The van der Waals surface area contributed by atoms with E-state index in [1.165, 1.54) is 6.42 Å². The van der Waals surface area contributed by atoms with Crippen LogP contribution in [0, 0.1) is 0 Å². The van der Waals surface area contributed by atoms with Crippen molar-refractivity contribution in [1.29, 1.82) is 0 Å². The third-order valence-electron chi connectivity index (χ3n) is 3.58. The highest BCUT2D eigenvalue weighted by atomic mass is 32.2. The lowest BCUT2D eigenvalue weighted by Crippen LogP contribution is -2.31. The maximum atomic E-state index is 11.8. The standard InChI is InChI=1S/C14H24N4O2S/c1-2-3-11-21(19,20)16-12-13-7-8-15-14(17-13)18-9-5-4-6-10-18/h7-8,16H,2-6,9-12H2,1H3. The Hall–Kier alpha value is -1.21. The van der Waals surface area contributed by atoms with Gasteiger partial charge in [-0.1, -0.05) is 13.3 Å². The van der Waals surface area contributed by atoms with Crippen molar-refractivity contribution in [2.75, 3.05) is 23.7 Å². The predicted molar refractivity (Wildman–Crippen MR) is 83.6 cm³/mol. The Labute approximate surface area is 127 Å². The number of hydrogen-bond acceptors (Lipinski definition) is 5. The Morgan fingerprint density at radius 3 is 2.76 bits per heavy atom. The number of aromatic nitrogens is 2.